The fourth-order valence-corrected chi connectivity index (χ4v) is 2.07. The SMILES string of the molecule is COCC(C)(N)c1noc(-c2c(C)cccc2C)n1. The minimum absolute atomic E-state index is 0.332. The Balaban J connectivity index is 2.42. The highest BCUT2D eigenvalue weighted by Crippen LogP contribution is 2.27. The predicted molar refractivity (Wildman–Crippen MR) is 72.6 cm³/mol. The topological polar surface area (TPSA) is 74.2 Å². The van der Waals surface area contributed by atoms with Crippen LogP contribution < -0.4 is 5.73 Å². The van der Waals surface area contributed by atoms with Gasteiger partial charge >= 0.3 is 0 Å². The third kappa shape index (κ3) is 2.67. The molecular formula is C14H19N3O2. The van der Waals surface area contributed by atoms with E-state index in [2.05, 4.69) is 10.1 Å². The van der Waals surface area contributed by atoms with Crippen molar-refractivity contribution >= 4 is 0 Å². The normalized spacial score (nSPS) is 14.4. The van der Waals surface area contributed by atoms with Crippen molar-refractivity contribution in [3.8, 4) is 11.5 Å². The van der Waals surface area contributed by atoms with Crippen molar-refractivity contribution < 1.29 is 9.26 Å². The van der Waals surface area contributed by atoms with Gasteiger partial charge in [0.2, 0.25) is 0 Å². The van der Waals surface area contributed by atoms with Crippen LogP contribution in [-0.4, -0.2) is 23.9 Å². The number of hydrogen-bond donors (Lipinski definition) is 1. The second-order valence-electron chi connectivity index (χ2n) is 5.04. The van der Waals surface area contributed by atoms with Gasteiger partial charge in [-0.25, -0.2) is 0 Å². The molecule has 0 aliphatic heterocycles. The molecule has 0 aliphatic rings. The second kappa shape index (κ2) is 5.11. The number of hydrogen-bond acceptors (Lipinski definition) is 5. The molecule has 0 spiro atoms. The molecule has 1 aromatic heterocycles. The van der Waals surface area contributed by atoms with E-state index >= 15 is 0 Å². The Morgan fingerprint density at radius 2 is 1.95 bits per heavy atom. The van der Waals surface area contributed by atoms with Gasteiger partial charge in [0.1, 0.15) is 5.54 Å². The lowest BCUT2D eigenvalue weighted by Gasteiger charge is -2.18. The maximum absolute atomic E-state index is 6.11. The van der Waals surface area contributed by atoms with Gasteiger partial charge in [-0.2, -0.15) is 4.98 Å². The average molecular weight is 261 g/mol. The molecule has 0 amide bonds. The molecule has 0 aliphatic carbocycles. The van der Waals surface area contributed by atoms with E-state index in [1.165, 1.54) is 0 Å². The summed E-state index contributed by atoms with van der Waals surface area (Å²) in [5.74, 6) is 0.949. The Kier molecular flexibility index (Phi) is 3.68. The van der Waals surface area contributed by atoms with Gasteiger partial charge in [0, 0.05) is 12.7 Å². The standard InChI is InChI=1S/C14H19N3O2/c1-9-6-5-7-10(2)11(9)12-16-13(17-19-12)14(3,15)8-18-4/h5-7H,8,15H2,1-4H3. The Labute approximate surface area is 112 Å². The van der Waals surface area contributed by atoms with E-state index in [0.29, 0.717) is 18.3 Å². The zero-order valence-corrected chi connectivity index (χ0v) is 11.7. The molecule has 2 rings (SSSR count). The van der Waals surface area contributed by atoms with E-state index in [9.17, 15) is 0 Å². The summed E-state index contributed by atoms with van der Waals surface area (Å²) in [6, 6.07) is 6.04. The van der Waals surface area contributed by atoms with E-state index in [0.717, 1.165) is 16.7 Å². The minimum atomic E-state index is -0.757. The average Bonchev–Trinajstić information content (AvgIpc) is 2.78. The predicted octanol–water partition coefficient (Wildman–Crippen LogP) is 2.17. The first-order valence-electron chi connectivity index (χ1n) is 6.14. The van der Waals surface area contributed by atoms with Crippen LogP contribution in [-0.2, 0) is 10.3 Å². The Bertz CT molecular complexity index is 556. The number of aryl methyl sites for hydroxylation is 2. The summed E-state index contributed by atoms with van der Waals surface area (Å²) in [5.41, 5.74) is 8.51. The van der Waals surface area contributed by atoms with Gasteiger partial charge in [0.25, 0.3) is 5.89 Å². The van der Waals surface area contributed by atoms with Crippen molar-refractivity contribution in [2.24, 2.45) is 5.73 Å². The van der Waals surface area contributed by atoms with Gasteiger partial charge in [-0.3, -0.25) is 0 Å². The highest BCUT2D eigenvalue weighted by molar-refractivity contribution is 5.62. The van der Waals surface area contributed by atoms with Gasteiger partial charge < -0.3 is 15.0 Å². The maximum atomic E-state index is 6.11. The zero-order chi connectivity index (χ0) is 14.0. The monoisotopic (exact) mass is 261 g/mol. The number of ether oxygens (including phenoxy) is 1. The molecule has 102 valence electrons. The van der Waals surface area contributed by atoms with Gasteiger partial charge in [0.05, 0.1) is 6.61 Å². The summed E-state index contributed by atoms with van der Waals surface area (Å²) in [7, 11) is 1.59. The van der Waals surface area contributed by atoms with Gasteiger partial charge in [-0.05, 0) is 31.9 Å². The van der Waals surface area contributed by atoms with Gasteiger partial charge in [-0.1, -0.05) is 23.4 Å². The molecule has 0 radical (unpaired) electrons. The van der Waals surface area contributed by atoms with Crippen molar-refractivity contribution in [3.05, 3.63) is 35.2 Å². The van der Waals surface area contributed by atoms with Gasteiger partial charge in [-0.15, -0.1) is 0 Å². The third-order valence-corrected chi connectivity index (χ3v) is 3.08. The minimum Gasteiger partial charge on any atom is -0.382 e. The molecule has 2 aromatic rings. The number of nitrogens with zero attached hydrogens (tertiary/aromatic N) is 2. The van der Waals surface area contributed by atoms with E-state index in [1.54, 1.807) is 7.11 Å². The number of nitrogens with two attached hydrogens (primary N) is 1. The molecule has 5 heteroatoms. The molecule has 0 fully saturated rings. The summed E-state index contributed by atoms with van der Waals surface area (Å²) in [5, 5.41) is 3.97. The van der Waals surface area contributed by atoms with Gasteiger partial charge in [0.15, 0.2) is 5.82 Å². The summed E-state index contributed by atoms with van der Waals surface area (Å²) in [6.45, 7) is 6.18. The molecule has 0 bridgehead atoms. The second-order valence-corrected chi connectivity index (χ2v) is 5.04. The van der Waals surface area contributed by atoms with Crippen LogP contribution in [0.3, 0.4) is 0 Å². The van der Waals surface area contributed by atoms with Crippen LogP contribution in [0.5, 0.6) is 0 Å². The zero-order valence-electron chi connectivity index (χ0n) is 11.7. The first kappa shape index (κ1) is 13.7. The summed E-state index contributed by atoms with van der Waals surface area (Å²) < 4.78 is 10.4. The molecule has 2 N–H and O–H groups in total. The Morgan fingerprint density at radius 3 is 2.53 bits per heavy atom. The van der Waals surface area contributed by atoms with Crippen molar-refractivity contribution in [1.29, 1.82) is 0 Å². The summed E-state index contributed by atoms with van der Waals surface area (Å²) in [4.78, 5) is 4.41. The number of rotatable bonds is 4. The van der Waals surface area contributed by atoms with Crippen molar-refractivity contribution in [1.82, 2.24) is 10.1 Å². The molecule has 0 saturated carbocycles. The Hall–Kier alpha value is -1.72. The lowest BCUT2D eigenvalue weighted by Crippen LogP contribution is -2.38. The largest absolute Gasteiger partial charge is 0.382 e. The molecule has 1 aromatic carbocycles. The van der Waals surface area contributed by atoms with Crippen molar-refractivity contribution in [2.75, 3.05) is 13.7 Å². The van der Waals surface area contributed by atoms with Crippen LogP contribution in [0.4, 0.5) is 0 Å². The maximum Gasteiger partial charge on any atom is 0.258 e. The number of aromatic nitrogens is 2. The molecular weight excluding hydrogens is 242 g/mol. The molecule has 19 heavy (non-hydrogen) atoms. The molecule has 1 atom stereocenters. The molecule has 1 unspecified atom stereocenters. The van der Waals surface area contributed by atoms with Crippen LogP contribution in [0.15, 0.2) is 22.7 Å². The fourth-order valence-electron chi connectivity index (χ4n) is 2.07. The van der Waals surface area contributed by atoms with E-state index in [1.807, 2.05) is 39.0 Å². The Morgan fingerprint density at radius 1 is 1.32 bits per heavy atom. The van der Waals surface area contributed by atoms with E-state index in [4.69, 9.17) is 15.0 Å². The lowest BCUT2D eigenvalue weighted by atomic mass is 10.0. The molecule has 0 saturated heterocycles. The highest BCUT2D eigenvalue weighted by Gasteiger charge is 2.28. The van der Waals surface area contributed by atoms with Crippen molar-refractivity contribution in [2.45, 2.75) is 26.3 Å². The van der Waals surface area contributed by atoms with E-state index in [-0.39, 0.29) is 0 Å². The molecule has 1 heterocycles. The fraction of sp³-hybridized carbons (Fsp3) is 0.429. The third-order valence-electron chi connectivity index (χ3n) is 3.08. The van der Waals surface area contributed by atoms with Crippen LogP contribution >= 0.6 is 0 Å². The first-order chi connectivity index (χ1) is 8.95. The lowest BCUT2D eigenvalue weighted by molar-refractivity contribution is 0.135. The summed E-state index contributed by atoms with van der Waals surface area (Å²) in [6.07, 6.45) is 0. The quantitative estimate of drug-likeness (QED) is 0.913. The smallest absolute Gasteiger partial charge is 0.258 e. The summed E-state index contributed by atoms with van der Waals surface area (Å²) >= 11 is 0. The van der Waals surface area contributed by atoms with E-state index < -0.39 is 5.54 Å². The number of methoxy groups -OCH3 is 1. The first-order valence-corrected chi connectivity index (χ1v) is 6.14. The highest BCUT2D eigenvalue weighted by atomic mass is 16.5. The van der Waals surface area contributed by atoms with Crippen LogP contribution in [0, 0.1) is 13.8 Å². The van der Waals surface area contributed by atoms with Crippen LogP contribution in [0.25, 0.3) is 11.5 Å². The van der Waals surface area contributed by atoms with Crippen LogP contribution in [0.2, 0.25) is 0 Å². The van der Waals surface area contributed by atoms with Crippen LogP contribution in [0.1, 0.15) is 23.9 Å². The number of benzene rings is 1. The molecule has 5 nitrogen and oxygen atoms in total. The van der Waals surface area contributed by atoms with Crippen molar-refractivity contribution in [3.63, 3.8) is 0 Å².